The second-order valence-electron chi connectivity index (χ2n) is 5.08. The van der Waals surface area contributed by atoms with Crippen molar-refractivity contribution in [1.82, 2.24) is 11.0 Å². The average molecular weight is 342 g/mol. The van der Waals surface area contributed by atoms with E-state index in [-0.39, 0.29) is 10.5 Å². The van der Waals surface area contributed by atoms with Crippen molar-refractivity contribution in [3.63, 3.8) is 0 Å². The molecule has 0 saturated heterocycles. The van der Waals surface area contributed by atoms with Crippen LogP contribution in [-0.2, 0) is 15.6 Å². The molecule has 2 atom stereocenters. The van der Waals surface area contributed by atoms with E-state index < -0.39 is 27.9 Å². The highest BCUT2D eigenvalue weighted by molar-refractivity contribution is 7.86. The molecule has 1 aromatic rings. The van der Waals surface area contributed by atoms with E-state index in [0.717, 1.165) is 19.3 Å². The summed E-state index contributed by atoms with van der Waals surface area (Å²) in [5, 5.41) is 16.6. The van der Waals surface area contributed by atoms with Crippen LogP contribution in [0, 0.1) is 0 Å². The van der Waals surface area contributed by atoms with Crippen LogP contribution in [-0.4, -0.2) is 31.7 Å². The number of carbonyl (C=O) groups excluding carboxylic acids is 2. The molecular formula is C15H22N2O5S. The van der Waals surface area contributed by atoms with Crippen LogP contribution in [0.1, 0.15) is 49.4 Å². The summed E-state index contributed by atoms with van der Waals surface area (Å²) in [4.78, 5) is 23.5. The molecule has 8 heteroatoms. The molecule has 0 fully saturated rings. The van der Waals surface area contributed by atoms with Crippen molar-refractivity contribution >= 4 is 22.6 Å². The summed E-state index contributed by atoms with van der Waals surface area (Å²) in [6.07, 6.45) is 4.06. The highest BCUT2D eigenvalue weighted by Crippen LogP contribution is 2.18. The maximum absolute atomic E-state index is 12.6. The molecule has 0 heterocycles. The van der Waals surface area contributed by atoms with Gasteiger partial charge in [-0.2, -0.15) is 0 Å². The lowest BCUT2D eigenvalue weighted by atomic mass is 10.1. The van der Waals surface area contributed by atoms with Gasteiger partial charge < -0.3 is 0 Å². The number of nitrogens with one attached hydrogen (secondary N) is 2. The first-order chi connectivity index (χ1) is 11.0. The van der Waals surface area contributed by atoms with Gasteiger partial charge in [0.25, 0.3) is 11.8 Å². The standard InChI is InChI=1S/C15H22N2O5S/c1-2-3-4-5-9-13(15(19)17-21)23(22)12-8-6-7-11(10-12)14(18)16-20/h6-8,10,13,20-21H,2-5,9H2,1H3,(H,16,18)(H,17,19). The zero-order valence-electron chi connectivity index (χ0n) is 12.9. The van der Waals surface area contributed by atoms with Crippen molar-refractivity contribution in [1.29, 1.82) is 0 Å². The number of hydroxylamine groups is 2. The Labute approximate surface area is 137 Å². The van der Waals surface area contributed by atoms with Crippen molar-refractivity contribution in [3.8, 4) is 0 Å². The van der Waals surface area contributed by atoms with Crippen LogP contribution in [0.2, 0.25) is 0 Å². The molecule has 2 amide bonds. The molecule has 0 spiro atoms. The van der Waals surface area contributed by atoms with Crippen molar-refractivity contribution < 1.29 is 24.2 Å². The largest absolute Gasteiger partial charge is 0.289 e. The molecule has 0 aliphatic rings. The van der Waals surface area contributed by atoms with Crippen LogP contribution in [0.4, 0.5) is 0 Å². The smallest absolute Gasteiger partial charge is 0.274 e. The number of rotatable bonds is 9. The fraction of sp³-hybridized carbons (Fsp3) is 0.467. The van der Waals surface area contributed by atoms with Gasteiger partial charge in [0, 0.05) is 10.5 Å². The molecule has 4 N–H and O–H groups in total. The lowest BCUT2D eigenvalue weighted by molar-refractivity contribution is -0.128. The van der Waals surface area contributed by atoms with Crippen LogP contribution in [0.25, 0.3) is 0 Å². The summed E-state index contributed by atoms with van der Waals surface area (Å²) in [5.74, 6) is -1.44. The fourth-order valence-corrected chi connectivity index (χ4v) is 3.57. The van der Waals surface area contributed by atoms with Crippen molar-refractivity contribution in [2.24, 2.45) is 0 Å². The first-order valence-electron chi connectivity index (χ1n) is 7.44. The first kappa shape index (κ1) is 19.3. The van der Waals surface area contributed by atoms with E-state index >= 15 is 0 Å². The summed E-state index contributed by atoms with van der Waals surface area (Å²) in [7, 11) is -1.72. The van der Waals surface area contributed by atoms with Crippen molar-refractivity contribution in [2.45, 2.75) is 49.2 Å². The van der Waals surface area contributed by atoms with Gasteiger partial charge in [0.05, 0.1) is 10.8 Å². The van der Waals surface area contributed by atoms with E-state index in [0.29, 0.717) is 12.8 Å². The summed E-state index contributed by atoms with van der Waals surface area (Å²) in [6, 6.07) is 5.86. The summed E-state index contributed by atoms with van der Waals surface area (Å²) < 4.78 is 12.6. The molecule has 0 aromatic heterocycles. The third-order valence-corrected chi connectivity index (χ3v) is 5.10. The van der Waals surface area contributed by atoms with Gasteiger partial charge in [0.15, 0.2) is 0 Å². The molecule has 7 nitrogen and oxygen atoms in total. The Kier molecular flexibility index (Phi) is 8.46. The van der Waals surface area contributed by atoms with Gasteiger partial charge in [0.1, 0.15) is 5.25 Å². The van der Waals surface area contributed by atoms with Gasteiger partial charge in [-0.25, -0.2) is 11.0 Å². The van der Waals surface area contributed by atoms with Gasteiger partial charge in [-0.05, 0) is 24.6 Å². The first-order valence-corrected chi connectivity index (χ1v) is 8.65. The zero-order valence-corrected chi connectivity index (χ0v) is 13.8. The predicted octanol–water partition coefficient (Wildman–Crippen LogP) is 1.76. The Morgan fingerprint density at radius 2 is 1.91 bits per heavy atom. The maximum atomic E-state index is 12.6. The molecule has 0 aliphatic carbocycles. The van der Waals surface area contributed by atoms with E-state index in [1.807, 2.05) is 0 Å². The van der Waals surface area contributed by atoms with Crippen molar-refractivity contribution in [2.75, 3.05) is 0 Å². The highest BCUT2D eigenvalue weighted by Gasteiger charge is 2.26. The highest BCUT2D eigenvalue weighted by atomic mass is 32.2. The zero-order chi connectivity index (χ0) is 17.2. The minimum atomic E-state index is -1.72. The molecule has 1 aromatic carbocycles. The molecule has 0 saturated carbocycles. The van der Waals surface area contributed by atoms with Crippen LogP contribution >= 0.6 is 0 Å². The molecule has 0 aliphatic heterocycles. The molecule has 0 bridgehead atoms. The summed E-state index contributed by atoms with van der Waals surface area (Å²) >= 11 is 0. The van der Waals surface area contributed by atoms with Crippen molar-refractivity contribution in [3.05, 3.63) is 29.8 Å². The van der Waals surface area contributed by atoms with E-state index in [9.17, 15) is 13.8 Å². The lowest BCUT2D eigenvalue weighted by Gasteiger charge is -2.15. The number of carbonyl (C=O) groups is 2. The number of hydrogen-bond donors (Lipinski definition) is 4. The van der Waals surface area contributed by atoms with Gasteiger partial charge in [-0.15, -0.1) is 0 Å². The fourth-order valence-electron chi connectivity index (χ4n) is 2.16. The lowest BCUT2D eigenvalue weighted by Crippen LogP contribution is -2.35. The Morgan fingerprint density at radius 3 is 2.52 bits per heavy atom. The SMILES string of the molecule is CCCCCCC(C(=O)NO)S(=O)c1cccc(C(=O)NO)c1. The van der Waals surface area contributed by atoms with E-state index in [1.165, 1.54) is 29.7 Å². The maximum Gasteiger partial charge on any atom is 0.274 e. The van der Waals surface area contributed by atoms with Gasteiger partial charge in [0.2, 0.25) is 0 Å². The molecule has 0 radical (unpaired) electrons. The number of amides is 2. The van der Waals surface area contributed by atoms with Crippen LogP contribution < -0.4 is 11.0 Å². The Hall–Kier alpha value is -1.77. The Balaban J connectivity index is 2.91. The topological polar surface area (TPSA) is 116 Å². The van der Waals surface area contributed by atoms with E-state index in [2.05, 4.69) is 6.92 Å². The molecule has 1 rings (SSSR count). The number of unbranched alkanes of at least 4 members (excludes halogenated alkanes) is 3. The number of benzene rings is 1. The third kappa shape index (κ3) is 5.74. The quantitative estimate of drug-likeness (QED) is 0.310. The molecular weight excluding hydrogens is 320 g/mol. The molecule has 23 heavy (non-hydrogen) atoms. The minimum Gasteiger partial charge on any atom is -0.289 e. The van der Waals surface area contributed by atoms with Gasteiger partial charge in [-0.1, -0.05) is 38.7 Å². The van der Waals surface area contributed by atoms with Gasteiger partial charge in [-0.3, -0.25) is 24.2 Å². The predicted molar refractivity (Wildman–Crippen MR) is 84.6 cm³/mol. The molecule has 128 valence electrons. The third-order valence-electron chi connectivity index (χ3n) is 3.41. The van der Waals surface area contributed by atoms with Crippen LogP contribution in [0.5, 0.6) is 0 Å². The summed E-state index contributed by atoms with van der Waals surface area (Å²) in [5.41, 5.74) is 3.19. The van der Waals surface area contributed by atoms with Crippen LogP contribution in [0.15, 0.2) is 29.2 Å². The van der Waals surface area contributed by atoms with E-state index in [1.54, 1.807) is 5.48 Å². The van der Waals surface area contributed by atoms with Crippen LogP contribution in [0.3, 0.4) is 0 Å². The Bertz CT molecular complexity index is 565. The monoisotopic (exact) mass is 342 g/mol. The number of hydrogen-bond acceptors (Lipinski definition) is 5. The summed E-state index contributed by atoms with van der Waals surface area (Å²) in [6.45, 7) is 2.06. The second kappa shape index (κ2) is 10.1. The average Bonchev–Trinajstić information content (AvgIpc) is 2.60. The minimum absolute atomic E-state index is 0.132. The van der Waals surface area contributed by atoms with Gasteiger partial charge >= 0.3 is 0 Å². The normalized spacial score (nSPS) is 13.2. The Morgan fingerprint density at radius 1 is 1.17 bits per heavy atom. The molecule has 2 unspecified atom stereocenters. The second-order valence-corrected chi connectivity index (χ2v) is 6.72. The van der Waals surface area contributed by atoms with E-state index in [4.69, 9.17) is 10.4 Å².